The summed E-state index contributed by atoms with van der Waals surface area (Å²) in [4.78, 5) is 11.5. The lowest BCUT2D eigenvalue weighted by Gasteiger charge is -2.12. The van der Waals surface area contributed by atoms with Crippen LogP contribution in [0.15, 0.2) is 53.0 Å². The Morgan fingerprint density at radius 2 is 1.96 bits per heavy atom. The Hall–Kier alpha value is -1.69. The zero-order valence-corrected chi connectivity index (χ0v) is 15.1. The highest BCUT2D eigenvalue weighted by Crippen LogP contribution is 2.24. The summed E-state index contributed by atoms with van der Waals surface area (Å²) in [6, 6.07) is 16.3. The molecular weight excluding hydrogens is 370 g/mol. The second kappa shape index (κ2) is 7.92. The van der Waals surface area contributed by atoms with Crippen LogP contribution in [0.4, 0.5) is 0 Å². The highest BCUT2D eigenvalue weighted by molar-refractivity contribution is 9.10. The number of hydrogen-bond acceptors (Lipinski definition) is 4. The van der Waals surface area contributed by atoms with E-state index in [1.807, 2.05) is 18.2 Å². The molecule has 5 heteroatoms. The molecular formula is C19H20BrNO3. The van der Waals surface area contributed by atoms with Gasteiger partial charge in [0.15, 0.2) is 0 Å². The molecule has 2 atom stereocenters. The van der Waals surface area contributed by atoms with E-state index in [-0.39, 0.29) is 18.1 Å². The minimum absolute atomic E-state index is 0.0311. The van der Waals surface area contributed by atoms with Gasteiger partial charge in [-0.25, -0.2) is 0 Å². The van der Waals surface area contributed by atoms with Crippen molar-refractivity contribution in [1.29, 1.82) is 0 Å². The molecule has 0 spiro atoms. The standard InChI is InChI=1S/C19H20BrNO3/c1-23-19(22)18-10-17(11-21-18)24-12-13-4-2-5-14(8-13)15-6-3-7-16(20)9-15/h2-9,17-18,21H,10-12H2,1H3/t17-,18+/m1/s1. The topological polar surface area (TPSA) is 47.6 Å². The Morgan fingerprint density at radius 3 is 2.71 bits per heavy atom. The molecule has 0 aromatic heterocycles. The number of halogens is 1. The molecule has 1 fully saturated rings. The molecule has 1 aliphatic rings. The molecule has 2 aromatic rings. The first kappa shape index (κ1) is 17.1. The van der Waals surface area contributed by atoms with Crippen LogP contribution in [0.1, 0.15) is 12.0 Å². The molecule has 0 unspecified atom stereocenters. The molecule has 0 amide bonds. The smallest absolute Gasteiger partial charge is 0.322 e. The summed E-state index contributed by atoms with van der Waals surface area (Å²) in [6.45, 7) is 1.20. The number of ether oxygens (including phenoxy) is 2. The van der Waals surface area contributed by atoms with Crippen molar-refractivity contribution in [3.63, 3.8) is 0 Å². The molecule has 24 heavy (non-hydrogen) atoms. The van der Waals surface area contributed by atoms with Gasteiger partial charge in [0.2, 0.25) is 0 Å². The fraction of sp³-hybridized carbons (Fsp3) is 0.316. The summed E-state index contributed by atoms with van der Waals surface area (Å²) in [7, 11) is 1.41. The van der Waals surface area contributed by atoms with Crippen molar-refractivity contribution in [2.75, 3.05) is 13.7 Å². The molecule has 0 saturated carbocycles. The summed E-state index contributed by atoms with van der Waals surface area (Å²) < 4.78 is 11.8. The third-order valence-corrected chi connectivity index (χ3v) is 4.64. The summed E-state index contributed by atoms with van der Waals surface area (Å²) in [5.41, 5.74) is 3.45. The van der Waals surface area contributed by atoms with Crippen molar-refractivity contribution in [3.8, 4) is 11.1 Å². The van der Waals surface area contributed by atoms with Gasteiger partial charge < -0.3 is 14.8 Å². The highest BCUT2D eigenvalue weighted by atomic mass is 79.9. The van der Waals surface area contributed by atoms with Gasteiger partial charge in [-0.15, -0.1) is 0 Å². The van der Waals surface area contributed by atoms with Crippen molar-refractivity contribution in [2.24, 2.45) is 0 Å². The number of esters is 1. The SMILES string of the molecule is COC(=O)[C@@H]1C[C@@H](OCc2cccc(-c3cccc(Br)c3)c2)CN1. The maximum Gasteiger partial charge on any atom is 0.322 e. The predicted molar refractivity (Wildman–Crippen MR) is 96.6 cm³/mol. The zero-order chi connectivity index (χ0) is 16.9. The molecule has 126 valence electrons. The summed E-state index contributed by atoms with van der Waals surface area (Å²) in [6.07, 6.45) is 0.682. The zero-order valence-electron chi connectivity index (χ0n) is 13.5. The van der Waals surface area contributed by atoms with Crippen LogP contribution in [-0.4, -0.2) is 31.8 Å². The van der Waals surface area contributed by atoms with E-state index in [0.29, 0.717) is 19.6 Å². The summed E-state index contributed by atoms with van der Waals surface area (Å²) >= 11 is 3.51. The Kier molecular flexibility index (Phi) is 5.66. The Bertz CT molecular complexity index is 719. The largest absolute Gasteiger partial charge is 0.468 e. The van der Waals surface area contributed by atoms with E-state index >= 15 is 0 Å². The van der Waals surface area contributed by atoms with E-state index in [1.165, 1.54) is 12.7 Å². The maximum atomic E-state index is 11.5. The first-order valence-corrected chi connectivity index (χ1v) is 8.72. The second-order valence-corrected chi connectivity index (χ2v) is 6.78. The van der Waals surface area contributed by atoms with E-state index < -0.39 is 0 Å². The molecule has 1 saturated heterocycles. The molecule has 0 bridgehead atoms. The van der Waals surface area contributed by atoms with Crippen molar-refractivity contribution >= 4 is 21.9 Å². The van der Waals surface area contributed by atoms with E-state index in [2.05, 4.69) is 51.6 Å². The molecule has 1 heterocycles. The molecule has 4 nitrogen and oxygen atoms in total. The van der Waals surface area contributed by atoms with Gasteiger partial charge >= 0.3 is 5.97 Å². The lowest BCUT2D eigenvalue weighted by molar-refractivity contribution is -0.142. The van der Waals surface area contributed by atoms with E-state index in [9.17, 15) is 4.79 Å². The van der Waals surface area contributed by atoms with Crippen molar-refractivity contribution < 1.29 is 14.3 Å². The van der Waals surface area contributed by atoms with Gasteiger partial charge in [0.1, 0.15) is 6.04 Å². The number of carbonyl (C=O) groups is 1. The average Bonchev–Trinajstić information content (AvgIpc) is 3.08. The lowest BCUT2D eigenvalue weighted by atomic mass is 10.0. The molecule has 2 aromatic carbocycles. The predicted octanol–water partition coefficient (Wildman–Crippen LogP) is 3.54. The van der Waals surface area contributed by atoms with Crippen molar-refractivity contribution in [1.82, 2.24) is 5.32 Å². The number of carbonyl (C=O) groups excluding carboxylic acids is 1. The monoisotopic (exact) mass is 389 g/mol. The first-order valence-electron chi connectivity index (χ1n) is 7.93. The van der Waals surface area contributed by atoms with Gasteiger partial charge in [-0.05, 0) is 34.9 Å². The second-order valence-electron chi connectivity index (χ2n) is 5.86. The van der Waals surface area contributed by atoms with Crippen LogP contribution >= 0.6 is 15.9 Å². The normalized spacial score (nSPS) is 20.1. The van der Waals surface area contributed by atoms with Gasteiger partial charge in [0, 0.05) is 17.4 Å². The van der Waals surface area contributed by atoms with Crippen LogP contribution in [0.3, 0.4) is 0 Å². The number of nitrogens with one attached hydrogen (secondary N) is 1. The molecule has 3 rings (SSSR count). The Morgan fingerprint density at radius 1 is 1.21 bits per heavy atom. The first-order chi connectivity index (χ1) is 11.7. The quantitative estimate of drug-likeness (QED) is 0.794. The third kappa shape index (κ3) is 4.23. The van der Waals surface area contributed by atoms with Gasteiger partial charge in [0.25, 0.3) is 0 Å². The van der Waals surface area contributed by atoms with Crippen molar-refractivity contribution in [3.05, 3.63) is 58.6 Å². The van der Waals surface area contributed by atoms with Crippen LogP contribution in [0.25, 0.3) is 11.1 Å². The third-order valence-electron chi connectivity index (χ3n) is 4.15. The fourth-order valence-electron chi connectivity index (χ4n) is 2.87. The average molecular weight is 390 g/mol. The summed E-state index contributed by atoms with van der Waals surface area (Å²) in [5.74, 6) is -0.224. The molecule has 1 N–H and O–H groups in total. The van der Waals surface area contributed by atoms with Crippen molar-refractivity contribution in [2.45, 2.75) is 25.2 Å². The van der Waals surface area contributed by atoms with E-state index in [4.69, 9.17) is 9.47 Å². The van der Waals surface area contributed by atoms with Gasteiger partial charge in [-0.3, -0.25) is 4.79 Å². The van der Waals surface area contributed by atoms with Crippen LogP contribution in [0.2, 0.25) is 0 Å². The molecule has 1 aliphatic heterocycles. The minimum Gasteiger partial charge on any atom is -0.468 e. The van der Waals surface area contributed by atoms with Crippen LogP contribution in [-0.2, 0) is 20.9 Å². The number of rotatable bonds is 5. The van der Waals surface area contributed by atoms with E-state index in [0.717, 1.165) is 15.6 Å². The number of methoxy groups -OCH3 is 1. The van der Waals surface area contributed by atoms with Crippen LogP contribution in [0.5, 0.6) is 0 Å². The van der Waals surface area contributed by atoms with Gasteiger partial charge in [-0.1, -0.05) is 46.3 Å². The Balaban J connectivity index is 1.61. The van der Waals surface area contributed by atoms with E-state index in [1.54, 1.807) is 0 Å². The highest BCUT2D eigenvalue weighted by Gasteiger charge is 2.30. The lowest BCUT2D eigenvalue weighted by Crippen LogP contribution is -2.31. The molecule has 0 aliphatic carbocycles. The molecule has 0 radical (unpaired) electrons. The fourth-order valence-corrected chi connectivity index (χ4v) is 3.27. The van der Waals surface area contributed by atoms with Gasteiger partial charge in [0.05, 0.1) is 19.8 Å². The number of hydrogen-bond donors (Lipinski definition) is 1. The maximum absolute atomic E-state index is 11.5. The van der Waals surface area contributed by atoms with Crippen LogP contribution in [0, 0.1) is 0 Å². The minimum atomic E-state index is -0.256. The summed E-state index contributed by atoms with van der Waals surface area (Å²) in [5, 5.41) is 3.13. The number of benzene rings is 2. The van der Waals surface area contributed by atoms with Gasteiger partial charge in [-0.2, -0.15) is 0 Å². The van der Waals surface area contributed by atoms with Crippen LogP contribution < -0.4 is 5.32 Å². The Labute approximate surface area is 150 Å².